The summed E-state index contributed by atoms with van der Waals surface area (Å²) < 4.78 is 18.7. The van der Waals surface area contributed by atoms with Gasteiger partial charge in [0.1, 0.15) is 0 Å². The molecule has 0 aliphatic heterocycles. The zero-order valence-electron chi connectivity index (χ0n) is 9.24. The number of fused-ring (bicyclic) bond motifs is 1. The van der Waals surface area contributed by atoms with E-state index in [0.29, 0.717) is 17.5 Å². The predicted octanol–water partition coefficient (Wildman–Crippen LogP) is 1.87. The Bertz CT molecular complexity index is 584. The van der Waals surface area contributed by atoms with Gasteiger partial charge in [-0.2, -0.15) is 0 Å². The predicted molar refractivity (Wildman–Crippen MR) is 61.4 cm³/mol. The fourth-order valence-corrected chi connectivity index (χ4v) is 1.53. The van der Waals surface area contributed by atoms with Gasteiger partial charge in [0.25, 0.3) is 0 Å². The lowest BCUT2D eigenvalue weighted by Gasteiger charge is -2.06. The summed E-state index contributed by atoms with van der Waals surface area (Å²) in [6.45, 7) is 2.15. The van der Waals surface area contributed by atoms with E-state index in [1.165, 1.54) is 24.4 Å². The third kappa shape index (κ3) is 2.18. The number of carbonyl (C=O) groups is 1. The summed E-state index contributed by atoms with van der Waals surface area (Å²) in [7, 11) is 0. The Labute approximate surface area is 97.2 Å². The molecule has 2 N–H and O–H groups in total. The second-order valence-corrected chi connectivity index (χ2v) is 3.50. The maximum atomic E-state index is 13.6. The van der Waals surface area contributed by atoms with Crippen molar-refractivity contribution in [2.75, 3.05) is 6.61 Å². The zero-order chi connectivity index (χ0) is 12.4. The van der Waals surface area contributed by atoms with Crippen LogP contribution in [-0.2, 0) is 0 Å². The number of benzene rings is 1. The molecule has 2 rings (SSSR count). The van der Waals surface area contributed by atoms with Crippen LogP contribution < -0.4 is 10.5 Å². The number of nitrogens with two attached hydrogens (primary N) is 1. The number of hydrogen-bond donors (Lipinski definition) is 1. The van der Waals surface area contributed by atoms with Crippen molar-refractivity contribution >= 4 is 16.8 Å². The van der Waals surface area contributed by atoms with Crippen molar-refractivity contribution in [1.29, 1.82) is 0 Å². The molecule has 2 aromatic rings. The van der Waals surface area contributed by atoms with E-state index in [4.69, 9.17) is 10.5 Å². The highest BCUT2D eigenvalue weighted by molar-refractivity contribution is 5.96. The first-order chi connectivity index (χ1) is 8.11. The van der Waals surface area contributed by atoms with Crippen LogP contribution >= 0.6 is 0 Å². The van der Waals surface area contributed by atoms with Gasteiger partial charge in [-0.25, -0.2) is 4.39 Å². The highest BCUT2D eigenvalue weighted by atomic mass is 19.1. The molecule has 0 saturated carbocycles. The molecule has 0 fully saturated rings. The van der Waals surface area contributed by atoms with Gasteiger partial charge in [-0.05, 0) is 19.1 Å². The number of carbonyl (C=O) groups excluding carboxylic acids is 1. The molecule has 1 aromatic heterocycles. The normalized spacial score (nSPS) is 10.5. The van der Waals surface area contributed by atoms with Crippen molar-refractivity contribution < 1.29 is 13.9 Å². The van der Waals surface area contributed by atoms with Crippen LogP contribution in [0.25, 0.3) is 10.9 Å². The molecule has 1 aromatic carbocycles. The Hall–Kier alpha value is -2.17. The van der Waals surface area contributed by atoms with Gasteiger partial charge < -0.3 is 10.5 Å². The number of amides is 1. The largest absolute Gasteiger partial charge is 0.491 e. The minimum atomic E-state index is -0.589. The summed E-state index contributed by atoms with van der Waals surface area (Å²) in [5.41, 5.74) is 5.93. The molecule has 1 amide bonds. The van der Waals surface area contributed by atoms with Gasteiger partial charge >= 0.3 is 0 Å². The number of rotatable bonds is 3. The van der Waals surface area contributed by atoms with Crippen molar-refractivity contribution in [2.24, 2.45) is 5.73 Å². The molecule has 0 spiro atoms. The minimum absolute atomic E-state index is 0.152. The molecule has 0 unspecified atom stereocenters. The fourth-order valence-electron chi connectivity index (χ4n) is 1.53. The second-order valence-electron chi connectivity index (χ2n) is 3.50. The molecule has 0 aliphatic rings. The maximum Gasteiger partial charge on any atom is 0.250 e. The lowest BCUT2D eigenvalue weighted by Crippen LogP contribution is -2.11. The first-order valence-corrected chi connectivity index (χ1v) is 5.13. The first-order valence-electron chi connectivity index (χ1n) is 5.13. The average Bonchev–Trinajstić information content (AvgIpc) is 2.29. The Balaban J connectivity index is 2.57. The topological polar surface area (TPSA) is 65.2 Å². The first kappa shape index (κ1) is 11.3. The van der Waals surface area contributed by atoms with Gasteiger partial charge in [0.2, 0.25) is 5.91 Å². The van der Waals surface area contributed by atoms with E-state index >= 15 is 0 Å². The van der Waals surface area contributed by atoms with E-state index in [2.05, 4.69) is 4.98 Å². The molecule has 0 saturated heterocycles. The van der Waals surface area contributed by atoms with Crippen LogP contribution in [0.3, 0.4) is 0 Å². The number of ether oxygens (including phenoxy) is 1. The maximum absolute atomic E-state index is 13.6. The van der Waals surface area contributed by atoms with Crippen LogP contribution in [0.5, 0.6) is 5.75 Å². The molecule has 0 radical (unpaired) electrons. The monoisotopic (exact) mass is 234 g/mol. The van der Waals surface area contributed by atoms with Crippen molar-refractivity contribution in [2.45, 2.75) is 6.92 Å². The Morgan fingerprint density at radius 1 is 1.47 bits per heavy atom. The van der Waals surface area contributed by atoms with Gasteiger partial charge in [-0.1, -0.05) is 0 Å². The van der Waals surface area contributed by atoms with Crippen molar-refractivity contribution in [3.8, 4) is 5.75 Å². The zero-order valence-corrected chi connectivity index (χ0v) is 9.24. The summed E-state index contributed by atoms with van der Waals surface area (Å²) in [5.74, 6) is -0.921. The van der Waals surface area contributed by atoms with E-state index < -0.39 is 11.7 Å². The average molecular weight is 234 g/mol. The number of nitrogens with zero attached hydrogens (tertiary/aromatic N) is 1. The van der Waals surface area contributed by atoms with Crippen LogP contribution in [0.4, 0.5) is 4.39 Å². The molecule has 4 nitrogen and oxygen atoms in total. The number of primary amides is 1. The molecular formula is C12H11FN2O2. The number of pyridine rings is 1. The number of hydrogen-bond acceptors (Lipinski definition) is 3. The minimum Gasteiger partial charge on any atom is -0.491 e. The highest BCUT2D eigenvalue weighted by Crippen LogP contribution is 2.24. The van der Waals surface area contributed by atoms with Gasteiger partial charge in [-0.3, -0.25) is 9.78 Å². The quantitative estimate of drug-likeness (QED) is 0.881. The van der Waals surface area contributed by atoms with Crippen LogP contribution in [-0.4, -0.2) is 17.5 Å². The van der Waals surface area contributed by atoms with E-state index in [1.807, 2.05) is 0 Å². The van der Waals surface area contributed by atoms with E-state index in [1.54, 1.807) is 6.92 Å². The fraction of sp³-hybridized carbons (Fsp3) is 0.167. The second kappa shape index (κ2) is 4.37. The van der Waals surface area contributed by atoms with Crippen molar-refractivity contribution in [3.63, 3.8) is 0 Å². The molecule has 1 heterocycles. The number of aromatic nitrogens is 1. The number of halogens is 1. The summed E-state index contributed by atoms with van der Waals surface area (Å²) in [6, 6.07) is 4.28. The third-order valence-corrected chi connectivity index (χ3v) is 2.32. The molecular weight excluding hydrogens is 223 g/mol. The summed E-state index contributed by atoms with van der Waals surface area (Å²) in [6.07, 6.45) is 1.36. The standard InChI is InChI=1S/C12H11FN2O2/c1-2-17-11-5-10-7(4-9(11)13)3-8(6-15-10)12(14)16/h3-6H,2H2,1H3,(H2,14,16). The van der Waals surface area contributed by atoms with Crippen LogP contribution in [0.1, 0.15) is 17.3 Å². The molecule has 5 heteroatoms. The van der Waals surface area contributed by atoms with Crippen molar-refractivity contribution in [3.05, 3.63) is 35.8 Å². The van der Waals surface area contributed by atoms with Gasteiger partial charge in [0.15, 0.2) is 11.6 Å². The lowest BCUT2D eigenvalue weighted by molar-refractivity contribution is 0.1000. The molecule has 0 atom stereocenters. The lowest BCUT2D eigenvalue weighted by atomic mass is 10.1. The van der Waals surface area contributed by atoms with Crippen LogP contribution in [0.15, 0.2) is 24.4 Å². The molecule has 0 aliphatic carbocycles. The molecule has 0 bridgehead atoms. The van der Waals surface area contributed by atoms with E-state index in [9.17, 15) is 9.18 Å². The Morgan fingerprint density at radius 3 is 2.88 bits per heavy atom. The smallest absolute Gasteiger partial charge is 0.250 e. The summed E-state index contributed by atoms with van der Waals surface area (Å²) in [5, 5.41) is 0.516. The summed E-state index contributed by atoms with van der Waals surface area (Å²) >= 11 is 0. The van der Waals surface area contributed by atoms with Gasteiger partial charge in [0.05, 0.1) is 17.7 Å². The third-order valence-electron chi connectivity index (χ3n) is 2.32. The van der Waals surface area contributed by atoms with Gasteiger partial charge in [-0.15, -0.1) is 0 Å². The summed E-state index contributed by atoms with van der Waals surface area (Å²) in [4.78, 5) is 15.0. The SMILES string of the molecule is CCOc1cc2ncc(C(N)=O)cc2cc1F. The van der Waals surface area contributed by atoms with Crippen LogP contribution in [0, 0.1) is 5.82 Å². The van der Waals surface area contributed by atoms with Gasteiger partial charge in [0, 0.05) is 17.6 Å². The van der Waals surface area contributed by atoms with E-state index in [-0.39, 0.29) is 11.3 Å². The highest BCUT2D eigenvalue weighted by Gasteiger charge is 2.08. The Kier molecular flexibility index (Phi) is 2.91. The van der Waals surface area contributed by atoms with Crippen LogP contribution in [0.2, 0.25) is 0 Å². The van der Waals surface area contributed by atoms with E-state index in [0.717, 1.165) is 0 Å². The molecule has 17 heavy (non-hydrogen) atoms. The Morgan fingerprint density at radius 2 is 2.24 bits per heavy atom. The molecule has 88 valence electrons. The van der Waals surface area contributed by atoms with Crippen molar-refractivity contribution in [1.82, 2.24) is 4.98 Å².